The highest BCUT2D eigenvalue weighted by Gasteiger charge is 2.24. The zero-order valence-electron chi connectivity index (χ0n) is 20.8. The first-order valence-corrected chi connectivity index (χ1v) is 14.4. The zero-order chi connectivity index (χ0) is 26.0. The molecule has 0 unspecified atom stereocenters. The second-order valence-electron chi connectivity index (χ2n) is 8.80. The van der Waals surface area contributed by atoms with E-state index >= 15 is 0 Å². The predicted octanol–water partition coefficient (Wildman–Crippen LogP) is 3.93. The van der Waals surface area contributed by atoms with Gasteiger partial charge in [0.15, 0.2) is 0 Å². The molecule has 1 saturated heterocycles. The minimum Gasteiger partial charge on any atom is -0.492 e. The summed E-state index contributed by atoms with van der Waals surface area (Å²) in [7, 11) is -1.99. The number of aryl methyl sites for hydroxylation is 1. The molecule has 1 fully saturated rings. The molecule has 0 spiro atoms. The van der Waals surface area contributed by atoms with E-state index in [1.807, 2.05) is 31.2 Å². The molecule has 2 aromatic heterocycles. The standard InChI is InChI=1S/C26H29BrN6O3S/c1-3-36-25-7-5-4-6-24(25)33-14-12-32(13-15-33)23-8-9-26(19-10-11-28-16-20(19)23)37(34,35)29-17-22-21(27)18-31(2)30-22/h4-11,16,18,29H,3,12-15,17H2,1-2H3. The van der Waals surface area contributed by atoms with Crippen LogP contribution in [0.1, 0.15) is 12.6 Å². The molecule has 0 aliphatic carbocycles. The number of ether oxygens (including phenoxy) is 1. The van der Waals surface area contributed by atoms with Crippen LogP contribution in [-0.4, -0.2) is 56.0 Å². The molecule has 0 saturated carbocycles. The number of sulfonamides is 1. The Bertz CT molecular complexity index is 1520. The van der Waals surface area contributed by atoms with Gasteiger partial charge in [-0.1, -0.05) is 12.1 Å². The molecule has 5 rings (SSSR count). The van der Waals surface area contributed by atoms with Gasteiger partial charge in [-0.3, -0.25) is 9.67 Å². The van der Waals surface area contributed by atoms with Crippen LogP contribution in [0.4, 0.5) is 11.4 Å². The third-order valence-corrected chi connectivity index (χ3v) is 8.58. The summed E-state index contributed by atoms with van der Waals surface area (Å²) in [5.41, 5.74) is 2.70. The van der Waals surface area contributed by atoms with Gasteiger partial charge in [-0.2, -0.15) is 5.10 Å². The third kappa shape index (κ3) is 5.29. The van der Waals surface area contributed by atoms with Gasteiger partial charge in [0.2, 0.25) is 10.0 Å². The summed E-state index contributed by atoms with van der Waals surface area (Å²) < 4.78 is 37.5. The third-order valence-electron chi connectivity index (χ3n) is 6.45. The molecule has 1 N–H and O–H groups in total. The average molecular weight is 586 g/mol. The number of rotatable bonds is 8. The van der Waals surface area contributed by atoms with Crippen molar-refractivity contribution in [3.8, 4) is 5.75 Å². The van der Waals surface area contributed by atoms with Gasteiger partial charge >= 0.3 is 0 Å². The molecule has 3 heterocycles. The van der Waals surface area contributed by atoms with Crippen LogP contribution < -0.4 is 19.3 Å². The fourth-order valence-corrected chi connectivity index (χ4v) is 6.42. The number of fused-ring (bicyclic) bond motifs is 1. The highest BCUT2D eigenvalue weighted by atomic mass is 79.9. The molecule has 11 heteroatoms. The van der Waals surface area contributed by atoms with Crippen LogP contribution in [0.15, 0.2) is 70.4 Å². The van der Waals surface area contributed by atoms with Crippen molar-refractivity contribution >= 4 is 48.1 Å². The maximum Gasteiger partial charge on any atom is 0.241 e. The van der Waals surface area contributed by atoms with Crippen LogP contribution in [0.5, 0.6) is 5.75 Å². The summed E-state index contributed by atoms with van der Waals surface area (Å²) in [5, 5.41) is 5.76. The number of pyridine rings is 1. The van der Waals surface area contributed by atoms with Crippen molar-refractivity contribution in [3.63, 3.8) is 0 Å². The molecule has 0 atom stereocenters. The van der Waals surface area contributed by atoms with Gasteiger partial charge in [0, 0.05) is 68.3 Å². The first-order valence-electron chi connectivity index (χ1n) is 12.1. The Morgan fingerprint density at radius 1 is 1.00 bits per heavy atom. The van der Waals surface area contributed by atoms with Gasteiger partial charge in [-0.25, -0.2) is 13.1 Å². The first-order chi connectivity index (χ1) is 17.9. The smallest absolute Gasteiger partial charge is 0.241 e. The molecule has 9 nitrogen and oxygen atoms in total. The summed E-state index contributed by atoms with van der Waals surface area (Å²) >= 11 is 3.42. The van der Waals surface area contributed by atoms with Crippen LogP contribution in [0.25, 0.3) is 10.8 Å². The second-order valence-corrected chi connectivity index (χ2v) is 11.4. The van der Waals surface area contributed by atoms with E-state index in [1.54, 1.807) is 42.5 Å². The van der Waals surface area contributed by atoms with Crippen molar-refractivity contribution in [1.82, 2.24) is 19.5 Å². The highest BCUT2D eigenvalue weighted by Crippen LogP contribution is 2.34. The molecule has 37 heavy (non-hydrogen) atoms. The summed E-state index contributed by atoms with van der Waals surface area (Å²) in [6.07, 6.45) is 5.16. The van der Waals surface area contributed by atoms with Crippen LogP contribution in [0.2, 0.25) is 0 Å². The highest BCUT2D eigenvalue weighted by molar-refractivity contribution is 9.10. The summed E-state index contributed by atoms with van der Waals surface area (Å²) in [5.74, 6) is 0.896. The Kier molecular flexibility index (Phi) is 7.36. The predicted molar refractivity (Wildman–Crippen MR) is 149 cm³/mol. The zero-order valence-corrected chi connectivity index (χ0v) is 23.2. The number of hydrogen-bond donors (Lipinski definition) is 1. The van der Waals surface area contributed by atoms with Crippen molar-refractivity contribution in [1.29, 1.82) is 0 Å². The van der Waals surface area contributed by atoms with Crippen LogP contribution in [0, 0.1) is 0 Å². The maximum absolute atomic E-state index is 13.3. The molecule has 0 amide bonds. The molecule has 4 aromatic rings. The van der Waals surface area contributed by atoms with Crippen LogP contribution >= 0.6 is 15.9 Å². The lowest BCUT2D eigenvalue weighted by Crippen LogP contribution is -2.46. The Labute approximate surface area is 225 Å². The topological polar surface area (TPSA) is 92.6 Å². The van der Waals surface area contributed by atoms with Gasteiger partial charge in [0.25, 0.3) is 0 Å². The van der Waals surface area contributed by atoms with E-state index in [9.17, 15) is 8.42 Å². The summed E-state index contributed by atoms with van der Waals surface area (Å²) in [4.78, 5) is 9.16. The molecule has 2 aromatic carbocycles. The van der Waals surface area contributed by atoms with E-state index in [0.29, 0.717) is 17.7 Å². The molecular formula is C26H29BrN6O3S. The number of para-hydroxylation sites is 2. The lowest BCUT2D eigenvalue weighted by Gasteiger charge is -2.38. The van der Waals surface area contributed by atoms with Gasteiger partial charge in [0.05, 0.1) is 33.9 Å². The first kappa shape index (κ1) is 25.5. The number of nitrogens with zero attached hydrogens (tertiary/aromatic N) is 5. The summed E-state index contributed by atoms with van der Waals surface area (Å²) in [6.45, 7) is 5.94. The molecule has 0 radical (unpaired) electrons. The Morgan fingerprint density at radius 2 is 1.73 bits per heavy atom. The van der Waals surface area contributed by atoms with Gasteiger partial charge in [0.1, 0.15) is 5.75 Å². The minimum atomic E-state index is -3.78. The van der Waals surface area contributed by atoms with E-state index in [0.717, 1.165) is 53.2 Å². The van der Waals surface area contributed by atoms with Crippen molar-refractivity contribution in [2.75, 3.05) is 42.6 Å². The van der Waals surface area contributed by atoms with E-state index in [4.69, 9.17) is 4.74 Å². The van der Waals surface area contributed by atoms with Crippen molar-refractivity contribution in [2.24, 2.45) is 7.05 Å². The van der Waals surface area contributed by atoms with Gasteiger partial charge in [-0.15, -0.1) is 0 Å². The number of piperazine rings is 1. The van der Waals surface area contributed by atoms with Crippen LogP contribution in [0.3, 0.4) is 0 Å². The second kappa shape index (κ2) is 10.7. The average Bonchev–Trinajstić information content (AvgIpc) is 3.24. The lowest BCUT2D eigenvalue weighted by molar-refractivity contribution is 0.340. The fraction of sp³-hybridized carbons (Fsp3) is 0.308. The van der Waals surface area contributed by atoms with Gasteiger partial charge < -0.3 is 14.5 Å². The Hall–Kier alpha value is -3.15. The molecule has 1 aliphatic heterocycles. The SMILES string of the molecule is CCOc1ccccc1N1CCN(c2ccc(S(=O)(=O)NCc3nn(C)cc3Br)c3ccncc23)CC1. The van der Waals surface area contributed by atoms with Gasteiger partial charge in [-0.05, 0) is 53.2 Å². The molecule has 194 valence electrons. The van der Waals surface area contributed by atoms with E-state index in [-0.39, 0.29) is 11.4 Å². The van der Waals surface area contributed by atoms with E-state index < -0.39 is 10.0 Å². The molecule has 0 bridgehead atoms. The van der Waals surface area contributed by atoms with E-state index in [1.165, 1.54) is 0 Å². The van der Waals surface area contributed by atoms with E-state index in [2.05, 4.69) is 46.6 Å². The quantitative estimate of drug-likeness (QED) is 0.335. The largest absolute Gasteiger partial charge is 0.492 e. The number of nitrogens with one attached hydrogen (secondary N) is 1. The number of halogens is 1. The monoisotopic (exact) mass is 584 g/mol. The number of benzene rings is 2. The van der Waals surface area contributed by atoms with Crippen LogP contribution in [-0.2, 0) is 23.6 Å². The fourth-order valence-electron chi connectivity index (χ4n) is 4.71. The lowest BCUT2D eigenvalue weighted by atomic mass is 10.1. The molecule has 1 aliphatic rings. The van der Waals surface area contributed by atoms with Crippen molar-refractivity contribution < 1.29 is 13.2 Å². The Balaban J connectivity index is 1.37. The summed E-state index contributed by atoms with van der Waals surface area (Å²) in [6, 6.07) is 13.5. The number of hydrogen-bond acceptors (Lipinski definition) is 7. The minimum absolute atomic E-state index is 0.0866. The maximum atomic E-state index is 13.3. The Morgan fingerprint density at radius 3 is 2.43 bits per heavy atom. The molecular weight excluding hydrogens is 556 g/mol. The number of aromatic nitrogens is 3. The van der Waals surface area contributed by atoms with Crippen molar-refractivity contribution in [2.45, 2.75) is 18.4 Å². The normalized spacial score (nSPS) is 14.4. The number of anilines is 2. The van der Waals surface area contributed by atoms with Crippen molar-refractivity contribution in [3.05, 3.63) is 71.2 Å².